The third kappa shape index (κ3) is 17.9. The van der Waals surface area contributed by atoms with Crippen molar-refractivity contribution < 1.29 is 33.3 Å². The van der Waals surface area contributed by atoms with E-state index in [0.29, 0.717) is 33.0 Å². The number of aromatic nitrogens is 4. The van der Waals surface area contributed by atoms with Crippen molar-refractivity contribution in [3.05, 3.63) is 253 Å². The molecule has 7 aliphatic heterocycles. The normalized spacial score (nSPS) is 15.2. The zero-order valence-corrected chi connectivity index (χ0v) is 68.4. The lowest BCUT2D eigenvalue weighted by atomic mass is 9.85. The number of benzene rings is 8. The molecule has 25 heteroatoms. The van der Waals surface area contributed by atoms with E-state index in [1.165, 1.54) is 123 Å². The van der Waals surface area contributed by atoms with Gasteiger partial charge < -0.3 is 28.9 Å². The number of thiophene rings is 4. The highest BCUT2D eigenvalue weighted by Crippen LogP contribution is 2.43. The molecule has 0 amide bonds. The number of nitrogens with zero attached hydrogens (tertiary/aromatic N) is 10. The molecule has 14 aromatic rings. The molecule has 6 aromatic heterocycles. The van der Waals surface area contributed by atoms with Crippen LogP contribution in [0, 0.1) is 5.82 Å². The molecule has 1 atom stereocenters. The van der Waals surface area contributed by atoms with Crippen LogP contribution in [0.3, 0.4) is 0 Å². The first kappa shape index (κ1) is 85.5. The van der Waals surface area contributed by atoms with E-state index in [9.17, 15) is 4.39 Å². The third-order valence-electron chi connectivity index (χ3n) is 19.9. The highest BCUT2D eigenvalue weighted by Gasteiger charge is 2.28. The standard InChI is InChI=1S/C18H18FN.C12H11ClOS.3C11H8ClNOS.2C11H11N3O.4CH4/c1-12-17-9-6-14(13-4-7-16(19)8-5-13)10-15(17)11-18(2,3)20-12;1-7-12-10(4-5-14-7)9-3-2-8(13)6-11(9)15-12;1-6-7-2-3-10-8(4-11(12)15-10)9(7)5-14-13-6;1-6-11-9(5-14-13-6)8-3-2-7(12)4-10(8)15-11;1-6-8-3-2-7-4-10(12)15-11(7)9(8)5-14-13-6;1-7-8-3-4-11-9(5-12-14(11)2)10(8)6-15-13-7;1-7-9-4-3-8-5-12-14(2)11(8)10(9)6-15-13-7;;;;/h4-10H,11H2,1-3H3;2-3,6-7H,4-5H2,1H3;3*2-4H,5H2,1H3;2*3-5H,6H2,1-2H3;4*1H4. The molecule has 8 aromatic carbocycles. The Labute approximate surface area is 700 Å². The lowest BCUT2D eigenvalue weighted by Gasteiger charge is -2.28. The maximum absolute atomic E-state index is 13.0. The second-order valence-corrected chi connectivity index (χ2v) is 34.3. The Hall–Kier alpha value is -9.39. The Morgan fingerprint density at radius 1 is 0.447 bits per heavy atom. The quantitative estimate of drug-likeness (QED) is 0.157. The van der Waals surface area contributed by atoms with Gasteiger partial charge in [-0.3, -0.25) is 14.4 Å². The van der Waals surface area contributed by atoms with E-state index in [0.717, 1.165) is 111 Å². The number of hydrogen-bond donors (Lipinski definition) is 0. The summed E-state index contributed by atoms with van der Waals surface area (Å²) in [5.74, 6) is -0.198. The summed E-state index contributed by atoms with van der Waals surface area (Å²) in [5.41, 5.74) is 24.9. The number of fused-ring (bicyclic) bond motifs is 19. The average Bonchev–Trinajstić information content (AvgIpc) is 1.56. The van der Waals surface area contributed by atoms with Crippen LogP contribution in [0.15, 0.2) is 183 Å². The SMILES string of the molecule is C.C.C.C.CC1=NC(C)(C)Cc2cc(-c3ccc(F)cc3)ccc21.CC1=NOCc2c1ccc1c2cnn1C.CC1=NOCc2c1ccc1cc(Cl)sc21.CC1=NOCc2c1ccc1cnn(C)c21.CC1=NOCc2c1ccc1sc(Cl)cc21.CC1=NOCc2c1sc1cc(Cl)ccc21.CC1OCCc2c1sc1cc(Cl)ccc21. The van der Waals surface area contributed by atoms with Gasteiger partial charge in [-0.1, -0.05) is 181 Å². The molecule has 13 heterocycles. The molecule has 0 saturated heterocycles. The maximum atomic E-state index is 13.0. The van der Waals surface area contributed by atoms with E-state index in [-0.39, 0.29) is 47.2 Å². The molecule has 0 bridgehead atoms. The van der Waals surface area contributed by atoms with Crippen LogP contribution in [-0.2, 0) is 88.9 Å². The lowest BCUT2D eigenvalue weighted by Crippen LogP contribution is -2.27. The lowest BCUT2D eigenvalue weighted by molar-refractivity contribution is 0.0589. The predicted molar refractivity (Wildman–Crippen MR) is 481 cm³/mol. The fraction of sp³-hybridized carbons (Fsp3) is 0.281. The first-order valence-electron chi connectivity index (χ1n) is 35.6. The minimum atomic E-state index is -0.198. The van der Waals surface area contributed by atoms with Gasteiger partial charge in [0, 0.05) is 120 Å². The van der Waals surface area contributed by atoms with Gasteiger partial charge in [0.25, 0.3) is 0 Å². The fourth-order valence-electron chi connectivity index (χ4n) is 14.7. The molecule has 0 radical (unpaired) electrons. The molecule has 592 valence electrons. The number of ether oxygens (including phenoxy) is 1. The van der Waals surface area contributed by atoms with Crippen molar-refractivity contribution in [3.63, 3.8) is 0 Å². The Bertz CT molecular complexity index is 5960. The number of aliphatic imine (C=N–C) groups is 1. The van der Waals surface area contributed by atoms with Crippen LogP contribution in [0.4, 0.5) is 4.39 Å². The predicted octanol–water partition coefficient (Wildman–Crippen LogP) is 26.5. The third-order valence-corrected chi connectivity index (χ3v) is 25.6. The van der Waals surface area contributed by atoms with Crippen molar-refractivity contribution in [2.24, 2.45) is 44.9 Å². The fourth-order valence-corrected chi connectivity index (χ4v) is 20.1. The molecular formula is C89H91Cl4FN10O6S4. The smallest absolute Gasteiger partial charge is 0.145 e. The van der Waals surface area contributed by atoms with Crippen LogP contribution in [0.5, 0.6) is 0 Å². The van der Waals surface area contributed by atoms with Crippen LogP contribution < -0.4 is 0 Å². The Morgan fingerprint density at radius 2 is 0.965 bits per heavy atom. The zero-order chi connectivity index (χ0) is 76.8. The number of aryl methyl sites for hydroxylation is 2. The van der Waals surface area contributed by atoms with Gasteiger partial charge in [0.2, 0.25) is 0 Å². The number of oxime groups is 5. The van der Waals surface area contributed by atoms with E-state index in [1.807, 2.05) is 130 Å². The van der Waals surface area contributed by atoms with Crippen molar-refractivity contribution in [1.82, 2.24) is 19.6 Å². The molecule has 7 aliphatic rings. The van der Waals surface area contributed by atoms with Gasteiger partial charge in [0.1, 0.15) is 38.9 Å². The van der Waals surface area contributed by atoms with Crippen LogP contribution >= 0.6 is 91.8 Å². The van der Waals surface area contributed by atoms with Gasteiger partial charge in [-0.05, 0) is 180 Å². The monoisotopic (exact) mass is 1680 g/mol. The molecule has 0 saturated carbocycles. The van der Waals surface area contributed by atoms with E-state index in [4.69, 9.17) is 80.3 Å². The summed E-state index contributed by atoms with van der Waals surface area (Å²) in [5, 5.41) is 37.2. The van der Waals surface area contributed by atoms with Gasteiger partial charge in [-0.25, -0.2) is 4.39 Å². The molecule has 21 rings (SSSR count). The molecule has 0 fully saturated rings. The maximum Gasteiger partial charge on any atom is 0.145 e. The van der Waals surface area contributed by atoms with E-state index in [2.05, 4.69) is 143 Å². The Kier molecular flexibility index (Phi) is 27.1. The second kappa shape index (κ2) is 36.2. The summed E-state index contributed by atoms with van der Waals surface area (Å²) in [6.45, 7) is 21.8. The summed E-state index contributed by atoms with van der Waals surface area (Å²) in [4.78, 5) is 33.2. The first-order valence-corrected chi connectivity index (χ1v) is 40.4. The summed E-state index contributed by atoms with van der Waals surface area (Å²) in [7, 11) is 3.89. The first-order chi connectivity index (χ1) is 53.0. The van der Waals surface area contributed by atoms with E-state index >= 15 is 0 Å². The molecular weight excluding hydrogens is 1590 g/mol. The number of hydrogen-bond acceptors (Lipinski definition) is 18. The number of halogens is 5. The number of rotatable bonds is 1. The van der Waals surface area contributed by atoms with Crippen molar-refractivity contribution in [3.8, 4) is 11.1 Å². The van der Waals surface area contributed by atoms with Gasteiger partial charge in [-0.15, -0.1) is 45.3 Å². The highest BCUT2D eigenvalue weighted by atomic mass is 35.5. The topological polar surface area (TPSA) is 165 Å². The minimum absolute atomic E-state index is 0. The molecule has 0 spiro atoms. The van der Waals surface area contributed by atoms with Crippen LogP contribution in [0.1, 0.15) is 175 Å². The Balaban J connectivity index is 0.000000131. The van der Waals surface area contributed by atoms with Crippen LogP contribution in [0.2, 0.25) is 18.7 Å². The van der Waals surface area contributed by atoms with Gasteiger partial charge in [-0.2, -0.15) is 10.2 Å². The van der Waals surface area contributed by atoms with Crippen molar-refractivity contribution in [2.75, 3.05) is 6.61 Å². The van der Waals surface area contributed by atoms with Gasteiger partial charge in [0.15, 0.2) is 0 Å². The highest BCUT2D eigenvalue weighted by molar-refractivity contribution is 7.23. The summed E-state index contributed by atoms with van der Waals surface area (Å²) in [6, 6.07) is 45.9. The molecule has 0 N–H and O–H groups in total. The molecule has 114 heavy (non-hydrogen) atoms. The zero-order valence-electron chi connectivity index (χ0n) is 62.1. The summed E-state index contributed by atoms with van der Waals surface area (Å²) in [6.07, 6.45) is 5.97. The second-order valence-electron chi connectivity index (χ2n) is 27.9. The molecule has 16 nitrogen and oxygen atoms in total. The summed E-state index contributed by atoms with van der Waals surface area (Å²) < 4.78 is 29.0. The largest absolute Gasteiger partial charge is 0.391 e. The van der Waals surface area contributed by atoms with E-state index < -0.39 is 0 Å². The van der Waals surface area contributed by atoms with E-state index in [1.54, 1.807) is 34.0 Å². The minimum Gasteiger partial charge on any atom is -0.391 e. The van der Waals surface area contributed by atoms with Gasteiger partial charge in [0.05, 0.1) is 83.8 Å². The van der Waals surface area contributed by atoms with Crippen molar-refractivity contribution in [2.45, 2.75) is 150 Å². The van der Waals surface area contributed by atoms with Crippen LogP contribution in [0.25, 0.3) is 73.3 Å². The average molecular weight is 1690 g/mol. The van der Waals surface area contributed by atoms with Crippen LogP contribution in [-0.4, -0.2) is 66.0 Å². The Morgan fingerprint density at radius 3 is 1.62 bits per heavy atom. The van der Waals surface area contributed by atoms with Crippen molar-refractivity contribution in [1.29, 1.82) is 0 Å². The molecule has 1 unspecified atom stereocenters. The molecule has 0 aliphatic carbocycles. The van der Waals surface area contributed by atoms with Crippen molar-refractivity contribution >= 4 is 188 Å². The summed E-state index contributed by atoms with van der Waals surface area (Å²) >= 11 is 30.7. The van der Waals surface area contributed by atoms with Gasteiger partial charge >= 0.3 is 0 Å².